The van der Waals surface area contributed by atoms with Gasteiger partial charge in [-0.05, 0) is 31.2 Å². The number of aryl methyl sites for hydroxylation is 1. The molecule has 94 valence electrons. The number of anilines is 2. The van der Waals surface area contributed by atoms with Gasteiger partial charge in [-0.25, -0.2) is 0 Å². The number of hydrogen-bond donors (Lipinski definition) is 2. The summed E-state index contributed by atoms with van der Waals surface area (Å²) in [5.41, 5.74) is 8.38. The van der Waals surface area contributed by atoms with E-state index in [4.69, 9.17) is 10.5 Å². The zero-order valence-corrected chi connectivity index (χ0v) is 10.4. The molecule has 3 N–H and O–H groups in total. The Morgan fingerprint density at radius 1 is 1.22 bits per heavy atom. The molecule has 4 nitrogen and oxygen atoms in total. The summed E-state index contributed by atoms with van der Waals surface area (Å²) in [6.07, 6.45) is 1.78. The van der Waals surface area contributed by atoms with Crippen LogP contribution in [0.1, 0.15) is 5.69 Å². The number of nitrogens with two attached hydrogens (primary N) is 1. The average Bonchev–Trinajstić information content (AvgIpc) is 2.37. The van der Waals surface area contributed by atoms with Crippen LogP contribution in [-0.2, 0) is 0 Å². The quantitative estimate of drug-likeness (QED) is 0.847. The Morgan fingerprint density at radius 2 is 2.06 bits per heavy atom. The number of benzene rings is 1. The van der Waals surface area contributed by atoms with Gasteiger partial charge in [-0.3, -0.25) is 4.98 Å². The molecule has 0 fully saturated rings. The fraction of sp³-hybridized carbons (Fsp3) is 0.214. The molecule has 2 rings (SSSR count). The Kier molecular flexibility index (Phi) is 4.15. The maximum atomic E-state index is 5.48. The summed E-state index contributed by atoms with van der Waals surface area (Å²) in [5.74, 6) is 0.816. The molecular formula is C14H17N3O. The highest BCUT2D eigenvalue weighted by atomic mass is 16.5. The molecular weight excluding hydrogens is 226 g/mol. The third-order valence-electron chi connectivity index (χ3n) is 2.41. The van der Waals surface area contributed by atoms with Gasteiger partial charge in [0.1, 0.15) is 12.4 Å². The van der Waals surface area contributed by atoms with Crippen molar-refractivity contribution < 1.29 is 4.74 Å². The van der Waals surface area contributed by atoms with E-state index in [-0.39, 0.29) is 0 Å². The maximum Gasteiger partial charge on any atom is 0.121 e. The minimum Gasteiger partial charge on any atom is -0.492 e. The van der Waals surface area contributed by atoms with Gasteiger partial charge in [0.2, 0.25) is 0 Å². The SMILES string of the molecule is Cc1cc(Nc2cccc(OCCN)c2)ccn1. The number of pyridine rings is 1. The zero-order chi connectivity index (χ0) is 12.8. The molecule has 1 aromatic heterocycles. The summed E-state index contributed by atoms with van der Waals surface area (Å²) in [6.45, 7) is 3.00. The number of ether oxygens (including phenoxy) is 1. The highest BCUT2D eigenvalue weighted by molar-refractivity contribution is 5.61. The second-order valence-corrected chi connectivity index (χ2v) is 3.98. The second kappa shape index (κ2) is 6.02. The Balaban J connectivity index is 2.09. The summed E-state index contributed by atoms with van der Waals surface area (Å²) in [6, 6.07) is 11.7. The van der Waals surface area contributed by atoms with E-state index in [0.717, 1.165) is 22.8 Å². The lowest BCUT2D eigenvalue weighted by Gasteiger charge is -2.09. The predicted molar refractivity (Wildman–Crippen MR) is 73.2 cm³/mol. The van der Waals surface area contributed by atoms with E-state index in [1.54, 1.807) is 6.20 Å². The van der Waals surface area contributed by atoms with Crippen molar-refractivity contribution in [3.8, 4) is 5.75 Å². The molecule has 0 saturated heterocycles. The van der Waals surface area contributed by atoms with Gasteiger partial charge in [-0.1, -0.05) is 6.07 Å². The highest BCUT2D eigenvalue weighted by Gasteiger charge is 1.98. The number of nitrogens with zero attached hydrogens (tertiary/aromatic N) is 1. The molecule has 0 spiro atoms. The van der Waals surface area contributed by atoms with Crippen molar-refractivity contribution in [2.45, 2.75) is 6.92 Å². The van der Waals surface area contributed by atoms with Crippen molar-refractivity contribution >= 4 is 11.4 Å². The average molecular weight is 243 g/mol. The van der Waals surface area contributed by atoms with Crippen molar-refractivity contribution in [1.82, 2.24) is 4.98 Å². The smallest absolute Gasteiger partial charge is 0.121 e. The van der Waals surface area contributed by atoms with Crippen LogP contribution in [0.4, 0.5) is 11.4 Å². The van der Waals surface area contributed by atoms with Crippen LogP contribution in [0.2, 0.25) is 0 Å². The molecule has 1 heterocycles. The Labute approximate surface area is 107 Å². The lowest BCUT2D eigenvalue weighted by molar-refractivity contribution is 0.328. The Morgan fingerprint density at radius 3 is 2.83 bits per heavy atom. The van der Waals surface area contributed by atoms with E-state index < -0.39 is 0 Å². The first-order valence-corrected chi connectivity index (χ1v) is 5.90. The molecule has 4 heteroatoms. The normalized spacial score (nSPS) is 10.1. The monoisotopic (exact) mass is 243 g/mol. The summed E-state index contributed by atoms with van der Waals surface area (Å²) < 4.78 is 5.48. The predicted octanol–water partition coefficient (Wildman–Crippen LogP) is 2.47. The molecule has 0 aliphatic rings. The fourth-order valence-electron chi connectivity index (χ4n) is 1.63. The summed E-state index contributed by atoms with van der Waals surface area (Å²) >= 11 is 0. The third-order valence-corrected chi connectivity index (χ3v) is 2.41. The molecule has 0 aliphatic heterocycles. The number of rotatable bonds is 5. The van der Waals surface area contributed by atoms with Gasteiger partial charge in [0.05, 0.1) is 0 Å². The van der Waals surface area contributed by atoms with Crippen molar-refractivity contribution in [3.63, 3.8) is 0 Å². The van der Waals surface area contributed by atoms with E-state index >= 15 is 0 Å². The largest absolute Gasteiger partial charge is 0.492 e. The van der Waals surface area contributed by atoms with Crippen LogP contribution in [0, 0.1) is 6.92 Å². The van der Waals surface area contributed by atoms with Gasteiger partial charge in [0.15, 0.2) is 0 Å². The lowest BCUT2D eigenvalue weighted by atomic mass is 10.2. The zero-order valence-electron chi connectivity index (χ0n) is 10.4. The van der Waals surface area contributed by atoms with Crippen LogP contribution in [0.5, 0.6) is 5.75 Å². The first kappa shape index (κ1) is 12.4. The van der Waals surface area contributed by atoms with E-state index in [9.17, 15) is 0 Å². The fourth-order valence-corrected chi connectivity index (χ4v) is 1.63. The van der Waals surface area contributed by atoms with Crippen LogP contribution >= 0.6 is 0 Å². The Hall–Kier alpha value is -2.07. The van der Waals surface area contributed by atoms with Crippen molar-refractivity contribution in [2.24, 2.45) is 5.73 Å². The van der Waals surface area contributed by atoms with Gasteiger partial charge in [-0.2, -0.15) is 0 Å². The van der Waals surface area contributed by atoms with Gasteiger partial charge >= 0.3 is 0 Å². The van der Waals surface area contributed by atoms with E-state index in [2.05, 4.69) is 10.3 Å². The summed E-state index contributed by atoms with van der Waals surface area (Å²) in [7, 11) is 0. The standard InChI is InChI=1S/C14H17N3O/c1-11-9-13(5-7-16-11)17-12-3-2-4-14(10-12)18-8-6-15/h2-5,7,9-10H,6,8,15H2,1H3,(H,16,17). The third kappa shape index (κ3) is 3.46. The molecule has 0 bridgehead atoms. The molecule has 1 aromatic carbocycles. The highest BCUT2D eigenvalue weighted by Crippen LogP contribution is 2.21. The van der Waals surface area contributed by atoms with Crippen molar-refractivity contribution in [1.29, 1.82) is 0 Å². The molecule has 0 amide bonds. The van der Waals surface area contributed by atoms with E-state index in [1.807, 2.05) is 43.3 Å². The molecule has 18 heavy (non-hydrogen) atoms. The minimum atomic E-state index is 0.515. The van der Waals surface area contributed by atoms with Crippen LogP contribution in [0.25, 0.3) is 0 Å². The first-order chi connectivity index (χ1) is 8.78. The Bertz CT molecular complexity index is 514. The van der Waals surface area contributed by atoms with Crippen LogP contribution < -0.4 is 15.8 Å². The van der Waals surface area contributed by atoms with E-state index in [1.165, 1.54) is 0 Å². The van der Waals surface area contributed by atoms with Crippen molar-refractivity contribution in [3.05, 3.63) is 48.3 Å². The molecule has 0 atom stereocenters. The summed E-state index contributed by atoms with van der Waals surface area (Å²) in [4.78, 5) is 4.16. The number of aromatic nitrogens is 1. The maximum absolute atomic E-state index is 5.48. The molecule has 0 saturated carbocycles. The van der Waals surface area contributed by atoms with Gasteiger partial charge in [-0.15, -0.1) is 0 Å². The number of hydrogen-bond acceptors (Lipinski definition) is 4. The van der Waals surface area contributed by atoms with Crippen LogP contribution in [0.15, 0.2) is 42.6 Å². The van der Waals surface area contributed by atoms with E-state index in [0.29, 0.717) is 13.2 Å². The summed E-state index contributed by atoms with van der Waals surface area (Å²) in [5, 5.41) is 3.31. The van der Waals surface area contributed by atoms with Crippen LogP contribution in [0.3, 0.4) is 0 Å². The topological polar surface area (TPSA) is 60.2 Å². The molecule has 0 unspecified atom stereocenters. The lowest BCUT2D eigenvalue weighted by Crippen LogP contribution is -2.10. The van der Waals surface area contributed by atoms with Gasteiger partial charge in [0.25, 0.3) is 0 Å². The first-order valence-electron chi connectivity index (χ1n) is 5.90. The van der Waals surface area contributed by atoms with Gasteiger partial charge < -0.3 is 15.8 Å². The molecule has 0 radical (unpaired) electrons. The molecule has 2 aromatic rings. The van der Waals surface area contributed by atoms with Crippen molar-refractivity contribution in [2.75, 3.05) is 18.5 Å². The number of nitrogens with one attached hydrogen (secondary N) is 1. The second-order valence-electron chi connectivity index (χ2n) is 3.98. The van der Waals surface area contributed by atoms with Crippen LogP contribution in [-0.4, -0.2) is 18.1 Å². The van der Waals surface area contributed by atoms with Gasteiger partial charge in [0, 0.05) is 35.9 Å². The molecule has 0 aliphatic carbocycles. The minimum absolute atomic E-state index is 0.515.